The summed E-state index contributed by atoms with van der Waals surface area (Å²) in [4.78, 5) is 12.5. The van der Waals surface area contributed by atoms with Gasteiger partial charge in [-0.15, -0.1) is 0 Å². The number of rotatable bonds is 0. The van der Waals surface area contributed by atoms with Crippen LogP contribution in [0.15, 0.2) is 0 Å². The Balaban J connectivity index is 0.000000371. The third-order valence-electron chi connectivity index (χ3n) is 1.83. The molecular weight excluding hydrogens is 126 g/mol. The molecule has 0 spiro atoms. The minimum Gasteiger partial charge on any atom is -0.343 e. The van der Waals surface area contributed by atoms with E-state index < -0.39 is 0 Å². The molecular formula is C8H17NO. The van der Waals surface area contributed by atoms with Gasteiger partial charge < -0.3 is 4.90 Å². The smallest absolute Gasteiger partial charge is 0.222 e. The van der Waals surface area contributed by atoms with Crippen molar-refractivity contribution in [3.8, 4) is 0 Å². The first-order chi connectivity index (χ1) is 4.72. The third-order valence-corrected chi connectivity index (χ3v) is 1.83. The maximum atomic E-state index is 10.7. The molecule has 0 saturated carbocycles. The van der Waals surface area contributed by atoms with Gasteiger partial charge in [0.25, 0.3) is 0 Å². The number of likely N-dealkylation sites (tertiary alicyclic amines) is 1. The van der Waals surface area contributed by atoms with Gasteiger partial charge in [-0.3, -0.25) is 4.79 Å². The van der Waals surface area contributed by atoms with Crippen LogP contribution < -0.4 is 0 Å². The second-order valence-corrected chi connectivity index (χ2v) is 2.39. The Bertz CT molecular complexity index is 112. The van der Waals surface area contributed by atoms with Crippen LogP contribution in [0.1, 0.15) is 33.6 Å². The zero-order valence-corrected chi connectivity index (χ0v) is 7.35. The SMILES string of the molecule is CC.C[C@@H]1CCC(=O)N1C. The lowest BCUT2D eigenvalue weighted by Crippen LogP contribution is -2.25. The van der Waals surface area contributed by atoms with Gasteiger partial charge in [0.05, 0.1) is 0 Å². The van der Waals surface area contributed by atoms with Crippen LogP contribution in [0, 0.1) is 0 Å². The maximum Gasteiger partial charge on any atom is 0.222 e. The number of carbonyl (C=O) groups is 1. The van der Waals surface area contributed by atoms with Crippen LogP contribution in [0.5, 0.6) is 0 Å². The fourth-order valence-electron chi connectivity index (χ4n) is 0.948. The van der Waals surface area contributed by atoms with Crippen molar-refractivity contribution >= 4 is 5.91 Å². The molecule has 1 aliphatic heterocycles. The molecule has 2 nitrogen and oxygen atoms in total. The molecule has 0 aromatic rings. The number of carbonyl (C=O) groups excluding carboxylic acids is 1. The van der Waals surface area contributed by atoms with Gasteiger partial charge in [0.2, 0.25) is 5.91 Å². The summed E-state index contributed by atoms with van der Waals surface area (Å²) in [6, 6.07) is 0.475. The summed E-state index contributed by atoms with van der Waals surface area (Å²) in [7, 11) is 1.86. The van der Waals surface area contributed by atoms with E-state index in [2.05, 4.69) is 6.92 Å². The van der Waals surface area contributed by atoms with Gasteiger partial charge in [-0.05, 0) is 13.3 Å². The minimum atomic E-state index is 0.289. The van der Waals surface area contributed by atoms with Crippen LogP contribution in [0.25, 0.3) is 0 Å². The van der Waals surface area contributed by atoms with E-state index in [9.17, 15) is 4.79 Å². The number of nitrogens with zero attached hydrogens (tertiary/aromatic N) is 1. The summed E-state index contributed by atoms with van der Waals surface area (Å²) in [5.74, 6) is 0.289. The number of hydrogen-bond acceptors (Lipinski definition) is 1. The van der Waals surface area contributed by atoms with E-state index in [1.54, 1.807) is 4.90 Å². The van der Waals surface area contributed by atoms with Gasteiger partial charge in [0.1, 0.15) is 0 Å². The maximum absolute atomic E-state index is 10.7. The van der Waals surface area contributed by atoms with Crippen molar-refractivity contribution in [3.05, 3.63) is 0 Å². The fourth-order valence-corrected chi connectivity index (χ4v) is 0.948. The van der Waals surface area contributed by atoms with E-state index in [1.807, 2.05) is 20.9 Å². The molecule has 60 valence electrons. The molecule has 0 unspecified atom stereocenters. The van der Waals surface area contributed by atoms with Gasteiger partial charge in [-0.1, -0.05) is 13.8 Å². The highest BCUT2D eigenvalue weighted by molar-refractivity contribution is 5.78. The fraction of sp³-hybridized carbons (Fsp3) is 0.875. The normalized spacial score (nSPS) is 24.2. The molecule has 10 heavy (non-hydrogen) atoms. The van der Waals surface area contributed by atoms with E-state index in [0.29, 0.717) is 6.04 Å². The molecule has 1 fully saturated rings. The molecule has 0 radical (unpaired) electrons. The lowest BCUT2D eigenvalue weighted by Gasteiger charge is -2.13. The summed E-state index contributed by atoms with van der Waals surface area (Å²) in [6.07, 6.45) is 1.78. The number of amides is 1. The highest BCUT2D eigenvalue weighted by Crippen LogP contribution is 2.14. The molecule has 1 atom stereocenters. The predicted molar refractivity (Wildman–Crippen MR) is 42.8 cm³/mol. The summed E-state index contributed by atoms with van der Waals surface area (Å²) in [5, 5.41) is 0. The first kappa shape index (κ1) is 9.47. The Morgan fingerprint density at radius 2 is 2.00 bits per heavy atom. The molecule has 2 heteroatoms. The lowest BCUT2D eigenvalue weighted by atomic mass is 10.2. The third kappa shape index (κ3) is 2.01. The van der Waals surface area contributed by atoms with Crippen molar-refractivity contribution in [3.63, 3.8) is 0 Å². The van der Waals surface area contributed by atoms with Crippen LogP contribution in [0.3, 0.4) is 0 Å². The second kappa shape index (κ2) is 4.31. The molecule has 1 amide bonds. The summed E-state index contributed by atoms with van der Waals surface area (Å²) in [5.41, 5.74) is 0. The molecule has 1 rings (SSSR count). The quantitative estimate of drug-likeness (QED) is 0.505. The van der Waals surface area contributed by atoms with Gasteiger partial charge in [0.15, 0.2) is 0 Å². The van der Waals surface area contributed by atoms with Crippen molar-refractivity contribution in [2.75, 3.05) is 7.05 Å². The Morgan fingerprint density at radius 3 is 2.10 bits per heavy atom. The van der Waals surface area contributed by atoms with Crippen LogP contribution in [0.4, 0.5) is 0 Å². The van der Waals surface area contributed by atoms with Gasteiger partial charge >= 0.3 is 0 Å². The summed E-state index contributed by atoms with van der Waals surface area (Å²) < 4.78 is 0. The van der Waals surface area contributed by atoms with Crippen LogP contribution in [0.2, 0.25) is 0 Å². The zero-order chi connectivity index (χ0) is 8.15. The average molecular weight is 143 g/mol. The van der Waals surface area contributed by atoms with Gasteiger partial charge in [-0.2, -0.15) is 0 Å². The second-order valence-electron chi connectivity index (χ2n) is 2.39. The first-order valence-corrected chi connectivity index (χ1v) is 3.97. The minimum absolute atomic E-state index is 0.289. The zero-order valence-electron chi connectivity index (χ0n) is 7.35. The molecule has 0 aromatic carbocycles. The molecule has 0 N–H and O–H groups in total. The highest BCUT2D eigenvalue weighted by atomic mass is 16.2. The molecule has 0 bridgehead atoms. The Hall–Kier alpha value is -0.530. The molecule has 1 heterocycles. The molecule has 1 aliphatic rings. The largest absolute Gasteiger partial charge is 0.343 e. The highest BCUT2D eigenvalue weighted by Gasteiger charge is 2.22. The Kier molecular flexibility index (Phi) is 4.08. The topological polar surface area (TPSA) is 20.3 Å². The van der Waals surface area contributed by atoms with Gasteiger partial charge in [0, 0.05) is 19.5 Å². The monoisotopic (exact) mass is 143 g/mol. The average Bonchev–Trinajstić information content (AvgIpc) is 2.25. The molecule has 0 aliphatic carbocycles. The Morgan fingerprint density at radius 1 is 1.50 bits per heavy atom. The van der Waals surface area contributed by atoms with Crippen LogP contribution in [-0.2, 0) is 4.79 Å². The molecule has 0 aromatic heterocycles. The van der Waals surface area contributed by atoms with E-state index in [-0.39, 0.29) is 5.91 Å². The number of hydrogen-bond donors (Lipinski definition) is 0. The van der Waals surface area contributed by atoms with Crippen molar-refractivity contribution < 1.29 is 4.79 Å². The summed E-state index contributed by atoms with van der Waals surface area (Å²) in [6.45, 7) is 6.07. The molecule has 1 saturated heterocycles. The van der Waals surface area contributed by atoms with Crippen LogP contribution >= 0.6 is 0 Å². The Labute approximate surface area is 63.2 Å². The van der Waals surface area contributed by atoms with E-state index in [1.165, 1.54) is 0 Å². The van der Waals surface area contributed by atoms with E-state index in [0.717, 1.165) is 12.8 Å². The van der Waals surface area contributed by atoms with Crippen molar-refractivity contribution in [2.45, 2.75) is 39.7 Å². The van der Waals surface area contributed by atoms with E-state index in [4.69, 9.17) is 0 Å². The van der Waals surface area contributed by atoms with Crippen LogP contribution in [-0.4, -0.2) is 23.9 Å². The summed E-state index contributed by atoms with van der Waals surface area (Å²) >= 11 is 0. The van der Waals surface area contributed by atoms with Crippen molar-refractivity contribution in [1.82, 2.24) is 4.90 Å². The van der Waals surface area contributed by atoms with Crippen molar-refractivity contribution in [2.24, 2.45) is 0 Å². The van der Waals surface area contributed by atoms with Crippen molar-refractivity contribution in [1.29, 1.82) is 0 Å². The predicted octanol–water partition coefficient (Wildman–Crippen LogP) is 1.65. The van der Waals surface area contributed by atoms with E-state index >= 15 is 0 Å². The first-order valence-electron chi connectivity index (χ1n) is 3.97. The standard InChI is InChI=1S/C6H11NO.C2H6/c1-5-3-4-6(8)7(5)2;1-2/h5H,3-4H2,1-2H3;1-2H3/t5-;/m1./s1. The lowest BCUT2D eigenvalue weighted by molar-refractivity contribution is -0.127. The van der Waals surface area contributed by atoms with Gasteiger partial charge in [-0.25, -0.2) is 0 Å².